The van der Waals surface area contributed by atoms with Crippen molar-refractivity contribution in [2.45, 2.75) is 4.90 Å². The second kappa shape index (κ2) is 6.33. The lowest BCUT2D eigenvalue weighted by atomic mass is 10.1. The molecule has 0 unspecified atom stereocenters. The lowest BCUT2D eigenvalue weighted by Crippen LogP contribution is -2.12. The predicted octanol–water partition coefficient (Wildman–Crippen LogP) is 3.88. The zero-order valence-electron chi connectivity index (χ0n) is 12.6. The van der Waals surface area contributed by atoms with Gasteiger partial charge in [0.2, 0.25) is 0 Å². The number of nitrogen functional groups attached to an aromatic ring is 1. The van der Waals surface area contributed by atoms with E-state index in [4.69, 9.17) is 5.73 Å². The Balaban J connectivity index is 1.89. The monoisotopic (exact) mass is 342 g/mol. The van der Waals surface area contributed by atoms with Gasteiger partial charge in [0.1, 0.15) is 5.82 Å². The summed E-state index contributed by atoms with van der Waals surface area (Å²) in [5.74, 6) is -0.320. The molecule has 0 spiro atoms. The number of sulfonamides is 1. The molecule has 0 amide bonds. The van der Waals surface area contributed by atoms with E-state index in [1.165, 1.54) is 36.4 Å². The van der Waals surface area contributed by atoms with E-state index in [9.17, 15) is 12.8 Å². The van der Waals surface area contributed by atoms with Gasteiger partial charge in [0.25, 0.3) is 10.0 Å². The molecule has 0 atom stereocenters. The molecule has 24 heavy (non-hydrogen) atoms. The van der Waals surface area contributed by atoms with Crippen LogP contribution in [0.4, 0.5) is 15.8 Å². The molecule has 3 aromatic carbocycles. The van der Waals surface area contributed by atoms with Crippen molar-refractivity contribution in [1.29, 1.82) is 0 Å². The molecule has 0 saturated carbocycles. The standard InChI is InChI=1S/C18H15FN2O2S/c19-15-6-4-13(5-7-15)14-2-1-3-17(12-14)21-24(22,23)18-10-8-16(20)9-11-18/h1-12,21H,20H2. The number of benzene rings is 3. The first kappa shape index (κ1) is 16.0. The first-order valence-corrected chi connectivity index (χ1v) is 8.67. The summed E-state index contributed by atoms with van der Waals surface area (Å²) in [5.41, 5.74) is 8.07. The van der Waals surface area contributed by atoms with Crippen molar-refractivity contribution < 1.29 is 12.8 Å². The quantitative estimate of drug-likeness (QED) is 0.707. The Morgan fingerprint density at radius 2 is 1.50 bits per heavy atom. The number of hydrogen-bond acceptors (Lipinski definition) is 3. The highest BCUT2D eigenvalue weighted by Gasteiger charge is 2.14. The number of rotatable bonds is 4. The molecule has 3 N–H and O–H groups in total. The zero-order valence-corrected chi connectivity index (χ0v) is 13.4. The first-order chi connectivity index (χ1) is 11.4. The topological polar surface area (TPSA) is 72.2 Å². The second-order valence-corrected chi connectivity index (χ2v) is 6.94. The Labute approximate surface area is 139 Å². The molecule has 0 aliphatic carbocycles. The Morgan fingerprint density at radius 3 is 2.17 bits per heavy atom. The number of hydrogen-bond donors (Lipinski definition) is 2. The molecule has 6 heteroatoms. The minimum absolute atomic E-state index is 0.129. The third-order valence-corrected chi connectivity index (χ3v) is 4.88. The molecule has 3 aromatic rings. The molecule has 0 fully saturated rings. The molecule has 0 heterocycles. The van der Waals surface area contributed by atoms with Crippen molar-refractivity contribution in [3.8, 4) is 11.1 Å². The molecule has 0 aliphatic heterocycles. The molecule has 3 rings (SSSR count). The third kappa shape index (κ3) is 3.55. The van der Waals surface area contributed by atoms with Crippen molar-refractivity contribution in [1.82, 2.24) is 0 Å². The van der Waals surface area contributed by atoms with Crippen LogP contribution in [0.1, 0.15) is 0 Å². The van der Waals surface area contributed by atoms with E-state index in [0.717, 1.165) is 11.1 Å². The maximum absolute atomic E-state index is 13.0. The highest BCUT2D eigenvalue weighted by Crippen LogP contribution is 2.24. The van der Waals surface area contributed by atoms with Crippen LogP contribution in [0.3, 0.4) is 0 Å². The van der Waals surface area contributed by atoms with Crippen molar-refractivity contribution in [3.63, 3.8) is 0 Å². The maximum atomic E-state index is 13.0. The zero-order chi connectivity index (χ0) is 17.2. The third-order valence-electron chi connectivity index (χ3n) is 3.48. The van der Waals surface area contributed by atoms with Gasteiger partial charge in [-0.3, -0.25) is 4.72 Å². The first-order valence-electron chi connectivity index (χ1n) is 7.18. The van der Waals surface area contributed by atoms with E-state index < -0.39 is 10.0 Å². The van der Waals surface area contributed by atoms with Gasteiger partial charge < -0.3 is 5.73 Å². The lowest BCUT2D eigenvalue weighted by molar-refractivity contribution is 0.601. The van der Waals surface area contributed by atoms with E-state index in [0.29, 0.717) is 11.4 Å². The van der Waals surface area contributed by atoms with Crippen LogP contribution in [0.2, 0.25) is 0 Å². The molecular formula is C18H15FN2O2S. The molecule has 0 aliphatic rings. The summed E-state index contributed by atoms with van der Waals surface area (Å²) in [6, 6.07) is 18.9. The minimum atomic E-state index is -3.70. The van der Waals surface area contributed by atoms with Crippen LogP contribution in [-0.4, -0.2) is 8.42 Å². The highest BCUT2D eigenvalue weighted by molar-refractivity contribution is 7.92. The van der Waals surface area contributed by atoms with Gasteiger partial charge in [0, 0.05) is 11.4 Å². The Kier molecular flexibility index (Phi) is 4.22. The van der Waals surface area contributed by atoms with E-state index in [1.807, 2.05) is 6.07 Å². The number of nitrogens with one attached hydrogen (secondary N) is 1. The average molecular weight is 342 g/mol. The van der Waals surface area contributed by atoms with Gasteiger partial charge in [0.05, 0.1) is 4.90 Å². The van der Waals surface area contributed by atoms with Crippen LogP contribution < -0.4 is 10.5 Å². The van der Waals surface area contributed by atoms with Gasteiger partial charge in [-0.25, -0.2) is 12.8 Å². The van der Waals surface area contributed by atoms with Crippen molar-refractivity contribution in [2.24, 2.45) is 0 Å². The highest BCUT2D eigenvalue weighted by atomic mass is 32.2. The number of halogens is 1. The van der Waals surface area contributed by atoms with Crippen LogP contribution in [0.15, 0.2) is 77.7 Å². The average Bonchev–Trinajstić information content (AvgIpc) is 2.56. The van der Waals surface area contributed by atoms with Crippen LogP contribution >= 0.6 is 0 Å². The number of nitrogens with two attached hydrogens (primary N) is 1. The van der Waals surface area contributed by atoms with Crippen molar-refractivity contribution in [2.75, 3.05) is 10.5 Å². The second-order valence-electron chi connectivity index (χ2n) is 5.26. The molecule has 0 aromatic heterocycles. The molecular weight excluding hydrogens is 327 g/mol. The summed E-state index contributed by atoms with van der Waals surface area (Å²) < 4.78 is 40.4. The summed E-state index contributed by atoms with van der Waals surface area (Å²) in [4.78, 5) is 0.129. The Bertz CT molecular complexity index is 953. The minimum Gasteiger partial charge on any atom is -0.399 e. The van der Waals surface area contributed by atoms with Crippen LogP contribution in [0.25, 0.3) is 11.1 Å². The number of anilines is 2. The fraction of sp³-hybridized carbons (Fsp3) is 0. The van der Waals surface area contributed by atoms with Gasteiger partial charge in [-0.2, -0.15) is 0 Å². The van der Waals surface area contributed by atoms with Gasteiger partial charge in [-0.05, 0) is 59.7 Å². The van der Waals surface area contributed by atoms with E-state index in [1.54, 1.807) is 30.3 Å². The molecule has 0 bridgehead atoms. The SMILES string of the molecule is Nc1ccc(S(=O)(=O)Nc2cccc(-c3ccc(F)cc3)c2)cc1. The van der Waals surface area contributed by atoms with Gasteiger partial charge >= 0.3 is 0 Å². The van der Waals surface area contributed by atoms with E-state index in [-0.39, 0.29) is 10.7 Å². The maximum Gasteiger partial charge on any atom is 0.261 e. The molecule has 0 radical (unpaired) electrons. The van der Waals surface area contributed by atoms with Crippen molar-refractivity contribution >= 4 is 21.4 Å². The summed E-state index contributed by atoms with van der Waals surface area (Å²) >= 11 is 0. The van der Waals surface area contributed by atoms with Gasteiger partial charge in [0.15, 0.2) is 0 Å². The normalized spacial score (nSPS) is 11.2. The van der Waals surface area contributed by atoms with Crippen molar-refractivity contribution in [3.05, 3.63) is 78.6 Å². The largest absolute Gasteiger partial charge is 0.399 e. The smallest absolute Gasteiger partial charge is 0.261 e. The Morgan fingerprint density at radius 1 is 0.833 bits per heavy atom. The molecule has 0 saturated heterocycles. The molecule has 122 valence electrons. The van der Waals surface area contributed by atoms with E-state index in [2.05, 4.69) is 4.72 Å². The fourth-order valence-electron chi connectivity index (χ4n) is 2.27. The van der Waals surface area contributed by atoms with Gasteiger partial charge in [-0.1, -0.05) is 24.3 Å². The molecule has 4 nitrogen and oxygen atoms in total. The van der Waals surface area contributed by atoms with E-state index >= 15 is 0 Å². The van der Waals surface area contributed by atoms with Crippen LogP contribution in [0.5, 0.6) is 0 Å². The fourth-order valence-corrected chi connectivity index (χ4v) is 3.32. The van der Waals surface area contributed by atoms with Gasteiger partial charge in [-0.15, -0.1) is 0 Å². The predicted molar refractivity (Wildman–Crippen MR) is 93.5 cm³/mol. The summed E-state index contributed by atoms with van der Waals surface area (Å²) in [6.45, 7) is 0. The Hall–Kier alpha value is -2.86. The summed E-state index contributed by atoms with van der Waals surface area (Å²) in [7, 11) is -3.70. The van der Waals surface area contributed by atoms with Crippen LogP contribution in [-0.2, 0) is 10.0 Å². The van der Waals surface area contributed by atoms with Crippen LogP contribution in [0, 0.1) is 5.82 Å². The summed E-state index contributed by atoms with van der Waals surface area (Å²) in [5, 5.41) is 0. The summed E-state index contributed by atoms with van der Waals surface area (Å²) in [6.07, 6.45) is 0. The lowest BCUT2D eigenvalue weighted by Gasteiger charge is -2.10.